The van der Waals surface area contributed by atoms with Crippen molar-refractivity contribution in [2.45, 2.75) is 33.4 Å². The van der Waals surface area contributed by atoms with Gasteiger partial charge in [0.05, 0.1) is 13.7 Å². The van der Waals surface area contributed by atoms with E-state index in [2.05, 4.69) is 10.6 Å². The monoisotopic (exact) mass is 384 g/mol. The molecule has 2 amide bonds. The van der Waals surface area contributed by atoms with E-state index in [1.807, 2.05) is 45.0 Å². The number of rotatable bonds is 9. The third kappa shape index (κ3) is 5.74. The van der Waals surface area contributed by atoms with Crippen LogP contribution in [0.1, 0.15) is 36.7 Å². The van der Waals surface area contributed by atoms with Gasteiger partial charge in [-0.3, -0.25) is 9.59 Å². The Balaban J connectivity index is 2.01. The van der Waals surface area contributed by atoms with Gasteiger partial charge in [-0.05, 0) is 43.2 Å². The molecule has 0 aliphatic heterocycles. The van der Waals surface area contributed by atoms with E-state index in [4.69, 9.17) is 9.47 Å². The Morgan fingerprint density at radius 1 is 1.04 bits per heavy atom. The van der Waals surface area contributed by atoms with E-state index in [9.17, 15) is 9.59 Å². The number of methoxy groups -OCH3 is 1. The van der Waals surface area contributed by atoms with E-state index in [0.29, 0.717) is 30.2 Å². The molecule has 0 saturated carbocycles. The summed E-state index contributed by atoms with van der Waals surface area (Å²) >= 11 is 0. The van der Waals surface area contributed by atoms with Crippen LogP contribution in [0.4, 0.5) is 0 Å². The maximum Gasteiger partial charge on any atom is 0.251 e. The van der Waals surface area contributed by atoms with Gasteiger partial charge in [0.1, 0.15) is 17.5 Å². The average molecular weight is 384 g/mol. The second-order valence-corrected chi connectivity index (χ2v) is 6.68. The summed E-state index contributed by atoms with van der Waals surface area (Å²) in [5.74, 6) is 0.815. The summed E-state index contributed by atoms with van der Waals surface area (Å²) < 4.78 is 10.7. The Hall–Kier alpha value is -3.02. The topological polar surface area (TPSA) is 76.7 Å². The van der Waals surface area contributed by atoms with E-state index in [0.717, 1.165) is 5.56 Å². The third-order valence-electron chi connectivity index (χ3n) is 4.31. The summed E-state index contributed by atoms with van der Waals surface area (Å²) in [6, 6.07) is 13.7. The first-order chi connectivity index (χ1) is 13.5. The highest BCUT2D eigenvalue weighted by Crippen LogP contribution is 2.17. The molecule has 2 aromatic carbocycles. The predicted molar refractivity (Wildman–Crippen MR) is 109 cm³/mol. The van der Waals surface area contributed by atoms with Gasteiger partial charge in [0, 0.05) is 17.7 Å². The lowest BCUT2D eigenvalue weighted by molar-refractivity contribution is -0.124. The third-order valence-corrected chi connectivity index (χ3v) is 4.31. The van der Waals surface area contributed by atoms with Crippen LogP contribution in [0.25, 0.3) is 0 Å². The number of nitrogens with one attached hydrogen (secondary N) is 2. The zero-order chi connectivity index (χ0) is 20.5. The molecule has 0 aliphatic carbocycles. The molecule has 0 fully saturated rings. The standard InChI is InChI=1S/C22H28N2O4/c1-5-28-18-12-10-16(11-13-18)21(25)24-20(15(2)3)22(26)23-14-17-8-6-7-9-19(17)27-4/h6-13,15,20H,5,14H2,1-4H3,(H,23,26)(H,24,25)/t20-/m1/s1. The summed E-state index contributed by atoms with van der Waals surface area (Å²) in [4.78, 5) is 25.2. The molecule has 2 N–H and O–H groups in total. The summed E-state index contributed by atoms with van der Waals surface area (Å²) in [6.45, 7) is 6.58. The van der Waals surface area contributed by atoms with E-state index in [-0.39, 0.29) is 17.7 Å². The number of hydrogen-bond donors (Lipinski definition) is 2. The smallest absolute Gasteiger partial charge is 0.251 e. The van der Waals surface area contributed by atoms with E-state index < -0.39 is 6.04 Å². The largest absolute Gasteiger partial charge is 0.496 e. The molecule has 0 unspecified atom stereocenters. The van der Waals surface area contributed by atoms with Crippen molar-refractivity contribution < 1.29 is 19.1 Å². The Morgan fingerprint density at radius 3 is 2.32 bits per heavy atom. The SMILES string of the molecule is CCOc1ccc(C(=O)N[C@@H](C(=O)NCc2ccccc2OC)C(C)C)cc1. The van der Waals surface area contributed by atoms with Gasteiger partial charge in [0.25, 0.3) is 5.91 Å². The average Bonchev–Trinajstić information content (AvgIpc) is 2.70. The van der Waals surface area contributed by atoms with Gasteiger partial charge in [-0.1, -0.05) is 32.0 Å². The number of carbonyl (C=O) groups is 2. The van der Waals surface area contributed by atoms with Crippen LogP contribution in [0.3, 0.4) is 0 Å². The van der Waals surface area contributed by atoms with Crippen LogP contribution in [0.2, 0.25) is 0 Å². The molecular weight excluding hydrogens is 356 g/mol. The van der Waals surface area contributed by atoms with Gasteiger partial charge in [-0.2, -0.15) is 0 Å². The molecule has 0 spiro atoms. The van der Waals surface area contributed by atoms with Crippen LogP contribution < -0.4 is 20.1 Å². The molecule has 28 heavy (non-hydrogen) atoms. The molecule has 2 rings (SSSR count). The highest BCUT2D eigenvalue weighted by atomic mass is 16.5. The molecule has 6 heteroatoms. The lowest BCUT2D eigenvalue weighted by atomic mass is 10.0. The number of ether oxygens (including phenoxy) is 2. The van der Waals surface area contributed by atoms with Crippen LogP contribution in [0.15, 0.2) is 48.5 Å². The maximum absolute atomic E-state index is 12.7. The van der Waals surface area contributed by atoms with Gasteiger partial charge in [-0.15, -0.1) is 0 Å². The number of para-hydroxylation sites is 1. The first kappa shape index (κ1) is 21.3. The van der Waals surface area contributed by atoms with Crippen LogP contribution in [0, 0.1) is 5.92 Å². The number of benzene rings is 2. The second kappa shape index (κ2) is 10.3. The molecule has 150 valence electrons. The Morgan fingerprint density at radius 2 is 1.71 bits per heavy atom. The summed E-state index contributed by atoms with van der Waals surface area (Å²) in [7, 11) is 1.59. The van der Waals surface area contributed by atoms with Gasteiger partial charge in [0.2, 0.25) is 5.91 Å². The van der Waals surface area contributed by atoms with E-state index in [1.54, 1.807) is 31.4 Å². The molecule has 0 heterocycles. The molecule has 1 atom stereocenters. The summed E-state index contributed by atoms with van der Waals surface area (Å²) in [5.41, 5.74) is 1.35. The zero-order valence-electron chi connectivity index (χ0n) is 16.8. The van der Waals surface area contributed by atoms with Crippen molar-refractivity contribution in [3.63, 3.8) is 0 Å². The van der Waals surface area contributed by atoms with Crippen molar-refractivity contribution in [3.05, 3.63) is 59.7 Å². The summed E-state index contributed by atoms with van der Waals surface area (Å²) in [6.07, 6.45) is 0. The predicted octanol–water partition coefficient (Wildman–Crippen LogP) is 3.16. The lowest BCUT2D eigenvalue weighted by Crippen LogP contribution is -2.49. The fourth-order valence-electron chi connectivity index (χ4n) is 2.77. The highest BCUT2D eigenvalue weighted by molar-refractivity contribution is 5.97. The van der Waals surface area contributed by atoms with Crippen molar-refractivity contribution in [1.82, 2.24) is 10.6 Å². The van der Waals surface area contributed by atoms with Crippen LogP contribution in [-0.4, -0.2) is 31.6 Å². The molecule has 0 radical (unpaired) electrons. The Labute approximate surface area is 166 Å². The van der Waals surface area contributed by atoms with Crippen LogP contribution >= 0.6 is 0 Å². The normalized spacial score (nSPS) is 11.6. The fourth-order valence-corrected chi connectivity index (χ4v) is 2.77. The minimum Gasteiger partial charge on any atom is -0.496 e. The van der Waals surface area contributed by atoms with E-state index >= 15 is 0 Å². The molecule has 2 aromatic rings. The molecule has 0 aliphatic rings. The minimum absolute atomic E-state index is 0.0654. The zero-order valence-corrected chi connectivity index (χ0v) is 16.8. The van der Waals surface area contributed by atoms with Gasteiger partial charge in [-0.25, -0.2) is 0 Å². The molecule has 0 aromatic heterocycles. The first-order valence-electron chi connectivity index (χ1n) is 9.39. The van der Waals surface area contributed by atoms with Crippen molar-refractivity contribution in [3.8, 4) is 11.5 Å². The van der Waals surface area contributed by atoms with Gasteiger partial charge < -0.3 is 20.1 Å². The number of carbonyl (C=O) groups excluding carboxylic acids is 2. The van der Waals surface area contributed by atoms with Gasteiger partial charge >= 0.3 is 0 Å². The Kier molecular flexibility index (Phi) is 7.87. The fraction of sp³-hybridized carbons (Fsp3) is 0.364. The molecule has 6 nitrogen and oxygen atoms in total. The minimum atomic E-state index is -0.645. The Bertz CT molecular complexity index is 787. The maximum atomic E-state index is 12.7. The van der Waals surface area contributed by atoms with Crippen molar-refractivity contribution in [1.29, 1.82) is 0 Å². The van der Waals surface area contributed by atoms with Gasteiger partial charge in [0.15, 0.2) is 0 Å². The van der Waals surface area contributed by atoms with Crippen molar-refractivity contribution >= 4 is 11.8 Å². The van der Waals surface area contributed by atoms with Crippen LogP contribution in [0.5, 0.6) is 11.5 Å². The number of hydrogen-bond acceptors (Lipinski definition) is 4. The van der Waals surface area contributed by atoms with Crippen LogP contribution in [-0.2, 0) is 11.3 Å². The molecular formula is C22H28N2O4. The molecule has 0 saturated heterocycles. The quantitative estimate of drug-likeness (QED) is 0.696. The lowest BCUT2D eigenvalue weighted by Gasteiger charge is -2.22. The van der Waals surface area contributed by atoms with Crippen molar-refractivity contribution in [2.24, 2.45) is 5.92 Å². The van der Waals surface area contributed by atoms with Crippen molar-refractivity contribution in [2.75, 3.05) is 13.7 Å². The number of amides is 2. The highest BCUT2D eigenvalue weighted by Gasteiger charge is 2.24. The van der Waals surface area contributed by atoms with E-state index in [1.165, 1.54) is 0 Å². The summed E-state index contributed by atoms with van der Waals surface area (Å²) in [5, 5.41) is 5.71. The second-order valence-electron chi connectivity index (χ2n) is 6.68. The first-order valence-corrected chi connectivity index (χ1v) is 9.39. The molecule has 0 bridgehead atoms.